The Morgan fingerprint density at radius 2 is 1.91 bits per heavy atom. The van der Waals surface area contributed by atoms with E-state index >= 15 is 0 Å². The van der Waals surface area contributed by atoms with Crippen LogP contribution in [0.4, 0.5) is 5.69 Å². The molecule has 0 aromatic heterocycles. The number of hydrazone groups is 1. The number of carbonyl (C=O) groups is 1. The normalized spacial score (nSPS) is 11.1. The van der Waals surface area contributed by atoms with Gasteiger partial charge in [-0.1, -0.05) is 11.6 Å². The summed E-state index contributed by atoms with van der Waals surface area (Å²) in [5.41, 5.74) is 3.33. The molecule has 0 spiro atoms. The average molecular weight is 334 g/mol. The fraction of sp³-hybridized carbons (Fsp3) is 0.0667. The Morgan fingerprint density at radius 3 is 2.52 bits per heavy atom. The Hall–Kier alpha value is -2.93. The number of nitrogens with one attached hydrogen (secondary N) is 1. The molecule has 0 unspecified atom stereocenters. The molecule has 0 saturated heterocycles. The molecule has 0 aliphatic carbocycles. The second kappa shape index (κ2) is 6.89. The minimum Gasteiger partial charge on any atom is -0.507 e. The third kappa shape index (κ3) is 4.04. The van der Waals surface area contributed by atoms with Crippen molar-refractivity contribution in [3.8, 4) is 5.75 Å². The lowest BCUT2D eigenvalue weighted by Gasteiger charge is -2.05. The van der Waals surface area contributed by atoms with Crippen molar-refractivity contribution in [2.24, 2.45) is 5.10 Å². The van der Waals surface area contributed by atoms with Gasteiger partial charge in [-0.05, 0) is 42.8 Å². The maximum absolute atomic E-state index is 12.0. The van der Waals surface area contributed by atoms with Gasteiger partial charge >= 0.3 is 0 Å². The number of benzene rings is 2. The monoisotopic (exact) mass is 333 g/mol. The fourth-order valence-electron chi connectivity index (χ4n) is 1.77. The van der Waals surface area contributed by atoms with E-state index in [-0.39, 0.29) is 17.0 Å². The highest BCUT2D eigenvalue weighted by atomic mass is 35.5. The predicted octanol–water partition coefficient (Wildman–Crippen LogP) is 3.11. The molecule has 0 aliphatic heterocycles. The van der Waals surface area contributed by atoms with Crippen LogP contribution in [0.15, 0.2) is 47.6 Å². The zero-order chi connectivity index (χ0) is 17.0. The van der Waals surface area contributed by atoms with Crippen LogP contribution in [0, 0.1) is 10.1 Å². The number of aromatic hydroxyl groups is 1. The highest BCUT2D eigenvalue weighted by Gasteiger charge is 2.11. The first kappa shape index (κ1) is 16.4. The van der Waals surface area contributed by atoms with Crippen LogP contribution in [0.2, 0.25) is 5.02 Å². The lowest BCUT2D eigenvalue weighted by molar-refractivity contribution is -0.384. The maximum Gasteiger partial charge on any atom is 0.275 e. The second-order valence-electron chi connectivity index (χ2n) is 4.60. The Labute approximate surface area is 136 Å². The van der Waals surface area contributed by atoms with Crippen LogP contribution in [0.3, 0.4) is 0 Å². The molecule has 118 valence electrons. The van der Waals surface area contributed by atoms with Gasteiger partial charge in [0, 0.05) is 17.2 Å². The topological polar surface area (TPSA) is 105 Å². The number of nitro benzene ring substituents is 1. The van der Waals surface area contributed by atoms with Crippen LogP contribution < -0.4 is 5.43 Å². The second-order valence-corrected chi connectivity index (χ2v) is 5.04. The molecule has 2 N–H and O–H groups in total. The summed E-state index contributed by atoms with van der Waals surface area (Å²) >= 11 is 5.78. The molecule has 8 heteroatoms. The van der Waals surface area contributed by atoms with Gasteiger partial charge < -0.3 is 5.11 Å². The predicted molar refractivity (Wildman–Crippen MR) is 85.9 cm³/mol. The molecule has 0 atom stereocenters. The number of nitrogens with zero attached hydrogens (tertiary/aromatic N) is 2. The fourth-order valence-corrected chi connectivity index (χ4v) is 1.95. The third-order valence-corrected chi connectivity index (χ3v) is 3.26. The number of hydrogen-bond acceptors (Lipinski definition) is 5. The van der Waals surface area contributed by atoms with Crippen LogP contribution in [0.5, 0.6) is 5.75 Å². The van der Waals surface area contributed by atoms with Crippen LogP contribution in [0.1, 0.15) is 22.8 Å². The number of non-ortho nitro benzene ring substituents is 1. The van der Waals surface area contributed by atoms with E-state index in [0.29, 0.717) is 16.3 Å². The SMILES string of the molecule is CC(=NNC(=O)c1cc(Cl)ccc1O)c1ccc([N+](=O)[O-])cc1. The largest absolute Gasteiger partial charge is 0.507 e. The van der Waals surface area contributed by atoms with E-state index in [1.807, 2.05) is 0 Å². The van der Waals surface area contributed by atoms with E-state index in [2.05, 4.69) is 10.5 Å². The molecule has 2 aromatic rings. The Kier molecular flexibility index (Phi) is 4.92. The summed E-state index contributed by atoms with van der Waals surface area (Å²) in [6, 6.07) is 9.84. The molecule has 0 bridgehead atoms. The van der Waals surface area contributed by atoms with E-state index in [1.165, 1.54) is 42.5 Å². The summed E-state index contributed by atoms with van der Waals surface area (Å²) in [7, 11) is 0. The van der Waals surface area contributed by atoms with Crippen LogP contribution >= 0.6 is 11.6 Å². The van der Waals surface area contributed by atoms with Crippen LogP contribution in [0.25, 0.3) is 0 Å². The van der Waals surface area contributed by atoms with Gasteiger partial charge in [-0.15, -0.1) is 0 Å². The van der Waals surface area contributed by atoms with E-state index in [4.69, 9.17) is 11.6 Å². The Bertz CT molecular complexity index is 788. The lowest BCUT2D eigenvalue weighted by Crippen LogP contribution is -2.19. The summed E-state index contributed by atoms with van der Waals surface area (Å²) in [5.74, 6) is -0.832. The average Bonchev–Trinajstić information content (AvgIpc) is 2.54. The summed E-state index contributed by atoms with van der Waals surface area (Å²) < 4.78 is 0. The van der Waals surface area contributed by atoms with Crippen molar-refractivity contribution in [3.63, 3.8) is 0 Å². The summed E-state index contributed by atoms with van der Waals surface area (Å²) in [4.78, 5) is 22.1. The summed E-state index contributed by atoms with van der Waals surface area (Å²) in [6.07, 6.45) is 0. The Balaban J connectivity index is 2.13. The zero-order valence-electron chi connectivity index (χ0n) is 12.0. The van der Waals surface area contributed by atoms with Crippen molar-refractivity contribution in [1.82, 2.24) is 5.43 Å². The highest BCUT2D eigenvalue weighted by Crippen LogP contribution is 2.21. The van der Waals surface area contributed by atoms with Crippen LogP contribution in [-0.2, 0) is 0 Å². The van der Waals surface area contributed by atoms with Gasteiger partial charge in [0.05, 0.1) is 16.2 Å². The third-order valence-electron chi connectivity index (χ3n) is 3.02. The first-order valence-electron chi connectivity index (χ1n) is 6.46. The number of hydrogen-bond donors (Lipinski definition) is 2. The molecule has 0 radical (unpaired) electrons. The molecule has 0 saturated carbocycles. The Morgan fingerprint density at radius 1 is 1.26 bits per heavy atom. The summed E-state index contributed by atoms with van der Waals surface area (Å²) in [6.45, 7) is 1.64. The molecule has 1 amide bonds. The first-order chi connectivity index (χ1) is 10.9. The number of nitro groups is 1. The molecule has 0 fully saturated rings. The number of halogens is 1. The highest BCUT2D eigenvalue weighted by molar-refractivity contribution is 6.31. The van der Waals surface area contributed by atoms with Crippen molar-refractivity contribution >= 4 is 28.9 Å². The number of phenolic OH excluding ortho intramolecular Hbond substituents is 1. The zero-order valence-corrected chi connectivity index (χ0v) is 12.7. The molecule has 23 heavy (non-hydrogen) atoms. The van der Waals surface area contributed by atoms with Gasteiger partial charge in [0.25, 0.3) is 11.6 Å². The van der Waals surface area contributed by atoms with Crippen molar-refractivity contribution < 1.29 is 14.8 Å². The van der Waals surface area contributed by atoms with Crippen molar-refractivity contribution in [1.29, 1.82) is 0 Å². The molecular formula is C15H12ClN3O4. The van der Waals surface area contributed by atoms with Crippen molar-refractivity contribution in [3.05, 3.63) is 68.7 Å². The molecular weight excluding hydrogens is 322 g/mol. The molecule has 0 aliphatic rings. The van der Waals surface area contributed by atoms with Gasteiger partial charge in [0.2, 0.25) is 0 Å². The minimum absolute atomic E-state index is 0.00208. The van der Waals surface area contributed by atoms with Gasteiger partial charge in [0.15, 0.2) is 0 Å². The van der Waals surface area contributed by atoms with Gasteiger partial charge in [-0.2, -0.15) is 5.10 Å². The molecule has 0 heterocycles. The summed E-state index contributed by atoms with van der Waals surface area (Å²) in [5, 5.41) is 24.5. The lowest BCUT2D eigenvalue weighted by atomic mass is 10.1. The molecule has 2 rings (SSSR count). The quantitative estimate of drug-likeness (QED) is 0.509. The van der Waals surface area contributed by atoms with Gasteiger partial charge in [0.1, 0.15) is 5.75 Å². The van der Waals surface area contributed by atoms with Crippen molar-refractivity contribution in [2.75, 3.05) is 0 Å². The van der Waals surface area contributed by atoms with E-state index < -0.39 is 10.8 Å². The van der Waals surface area contributed by atoms with E-state index in [0.717, 1.165) is 0 Å². The first-order valence-corrected chi connectivity index (χ1v) is 6.84. The standard InChI is InChI=1S/C15H12ClN3O4/c1-9(10-2-5-12(6-3-10)19(22)23)17-18-15(21)13-8-11(16)4-7-14(13)20/h2-8,20H,1H3,(H,18,21). The van der Waals surface area contributed by atoms with E-state index in [1.54, 1.807) is 6.92 Å². The maximum atomic E-state index is 12.0. The number of rotatable bonds is 4. The van der Waals surface area contributed by atoms with Crippen molar-refractivity contribution in [2.45, 2.75) is 6.92 Å². The minimum atomic E-state index is -0.619. The van der Waals surface area contributed by atoms with Gasteiger partial charge in [-0.25, -0.2) is 5.43 Å². The number of phenols is 1. The smallest absolute Gasteiger partial charge is 0.275 e. The molecule has 2 aromatic carbocycles. The van der Waals surface area contributed by atoms with E-state index in [9.17, 15) is 20.0 Å². The number of carbonyl (C=O) groups excluding carboxylic acids is 1. The molecule has 7 nitrogen and oxygen atoms in total. The number of amides is 1. The van der Waals surface area contributed by atoms with Gasteiger partial charge in [-0.3, -0.25) is 14.9 Å². The van der Waals surface area contributed by atoms with Crippen LogP contribution in [-0.4, -0.2) is 21.6 Å².